The van der Waals surface area contributed by atoms with Crippen molar-refractivity contribution in [3.63, 3.8) is 0 Å². The molecule has 0 aromatic carbocycles. The van der Waals surface area contributed by atoms with Crippen LogP contribution in [0.25, 0.3) is 0 Å². The van der Waals surface area contributed by atoms with Gasteiger partial charge in [-0.25, -0.2) is 13.4 Å². The molecule has 0 aliphatic carbocycles. The minimum atomic E-state index is -2.85. The van der Waals surface area contributed by atoms with Gasteiger partial charge in [-0.05, 0) is 19.1 Å². The molecule has 17 heavy (non-hydrogen) atoms. The van der Waals surface area contributed by atoms with Crippen LogP contribution in [0.1, 0.15) is 12.6 Å². The minimum absolute atomic E-state index is 0.227. The molecule has 4 nitrogen and oxygen atoms in total. The van der Waals surface area contributed by atoms with Gasteiger partial charge in [0.25, 0.3) is 0 Å². The van der Waals surface area contributed by atoms with Crippen LogP contribution in [0.15, 0.2) is 18.2 Å². The van der Waals surface area contributed by atoms with E-state index < -0.39 is 9.84 Å². The molecule has 1 heterocycles. The van der Waals surface area contributed by atoms with Crippen LogP contribution >= 0.6 is 11.8 Å². The molecule has 0 radical (unpaired) electrons. The highest BCUT2D eigenvalue weighted by molar-refractivity contribution is 7.99. The molecule has 0 fully saturated rings. The molecule has 0 amide bonds. The van der Waals surface area contributed by atoms with Crippen LogP contribution in [-0.2, 0) is 15.6 Å². The summed E-state index contributed by atoms with van der Waals surface area (Å²) in [5.74, 6) is 2.46. The van der Waals surface area contributed by atoms with E-state index >= 15 is 0 Å². The van der Waals surface area contributed by atoms with Crippen molar-refractivity contribution in [1.82, 2.24) is 4.98 Å². The van der Waals surface area contributed by atoms with E-state index in [0.29, 0.717) is 5.75 Å². The van der Waals surface area contributed by atoms with Crippen molar-refractivity contribution < 1.29 is 8.42 Å². The summed E-state index contributed by atoms with van der Waals surface area (Å²) in [5.41, 5.74) is 0.974. The van der Waals surface area contributed by atoms with Gasteiger partial charge in [-0.2, -0.15) is 11.8 Å². The number of nitrogens with zero attached hydrogens (tertiary/aromatic N) is 1. The van der Waals surface area contributed by atoms with Crippen molar-refractivity contribution in [2.45, 2.75) is 12.7 Å². The molecule has 0 saturated carbocycles. The third kappa shape index (κ3) is 6.53. The van der Waals surface area contributed by atoms with Crippen LogP contribution in [0.4, 0.5) is 5.82 Å². The lowest BCUT2D eigenvalue weighted by Gasteiger charge is -2.05. The fraction of sp³-hybridized carbons (Fsp3) is 0.545. The number of nitrogens with one attached hydrogen (secondary N) is 1. The van der Waals surface area contributed by atoms with E-state index in [2.05, 4.69) is 10.3 Å². The zero-order valence-electron chi connectivity index (χ0n) is 10.1. The van der Waals surface area contributed by atoms with E-state index in [1.165, 1.54) is 6.26 Å². The molecule has 1 aromatic rings. The lowest BCUT2D eigenvalue weighted by Crippen LogP contribution is -2.05. The van der Waals surface area contributed by atoms with Gasteiger partial charge in [-0.1, -0.05) is 6.07 Å². The number of hydrogen-bond acceptors (Lipinski definition) is 5. The summed E-state index contributed by atoms with van der Waals surface area (Å²) < 4.78 is 21.9. The van der Waals surface area contributed by atoms with Gasteiger partial charge in [0.05, 0.1) is 11.4 Å². The number of sulfone groups is 1. The van der Waals surface area contributed by atoms with E-state index in [1.807, 2.05) is 25.1 Å². The van der Waals surface area contributed by atoms with Crippen molar-refractivity contribution in [2.24, 2.45) is 0 Å². The largest absolute Gasteiger partial charge is 0.370 e. The van der Waals surface area contributed by atoms with Crippen molar-refractivity contribution >= 4 is 27.4 Å². The summed E-state index contributed by atoms with van der Waals surface area (Å²) in [5, 5.41) is 3.15. The number of anilines is 1. The molecular formula is C11H18N2O2S2. The van der Waals surface area contributed by atoms with Gasteiger partial charge in [0.15, 0.2) is 0 Å². The van der Waals surface area contributed by atoms with Crippen molar-refractivity contribution in [1.29, 1.82) is 0 Å². The molecule has 0 spiro atoms. The SMILES string of the molecule is CCNc1cccc(CSCCS(C)(=O)=O)n1. The maximum Gasteiger partial charge on any atom is 0.148 e. The van der Waals surface area contributed by atoms with Crippen molar-refractivity contribution in [2.75, 3.05) is 29.6 Å². The zero-order valence-corrected chi connectivity index (χ0v) is 11.8. The predicted molar refractivity (Wildman–Crippen MR) is 74.3 cm³/mol. The Hall–Kier alpha value is -0.750. The van der Waals surface area contributed by atoms with Gasteiger partial charge >= 0.3 is 0 Å². The first-order valence-electron chi connectivity index (χ1n) is 5.46. The van der Waals surface area contributed by atoms with Crippen LogP contribution < -0.4 is 5.32 Å². The zero-order chi connectivity index (χ0) is 12.7. The first-order chi connectivity index (χ1) is 8.01. The monoisotopic (exact) mass is 274 g/mol. The Balaban J connectivity index is 2.38. The number of pyridine rings is 1. The molecule has 0 aliphatic heterocycles. The van der Waals surface area contributed by atoms with Crippen molar-refractivity contribution in [3.8, 4) is 0 Å². The Morgan fingerprint density at radius 3 is 2.82 bits per heavy atom. The number of rotatable bonds is 7. The summed E-state index contributed by atoms with van der Waals surface area (Å²) in [4.78, 5) is 4.42. The van der Waals surface area contributed by atoms with Gasteiger partial charge in [0, 0.05) is 24.3 Å². The van der Waals surface area contributed by atoms with E-state index in [-0.39, 0.29) is 5.75 Å². The van der Waals surface area contributed by atoms with Crippen molar-refractivity contribution in [3.05, 3.63) is 23.9 Å². The second-order valence-electron chi connectivity index (χ2n) is 3.73. The van der Waals surface area contributed by atoms with Gasteiger partial charge in [0.1, 0.15) is 15.7 Å². The van der Waals surface area contributed by atoms with E-state index in [9.17, 15) is 8.42 Å². The van der Waals surface area contributed by atoms with Crippen LogP contribution in [0.2, 0.25) is 0 Å². The molecule has 1 N–H and O–H groups in total. The molecule has 0 bridgehead atoms. The smallest absolute Gasteiger partial charge is 0.148 e. The highest BCUT2D eigenvalue weighted by Gasteiger charge is 2.02. The van der Waals surface area contributed by atoms with Gasteiger partial charge in [0.2, 0.25) is 0 Å². The molecular weight excluding hydrogens is 256 g/mol. The number of aromatic nitrogens is 1. The Kier molecular flexibility index (Phi) is 5.77. The van der Waals surface area contributed by atoms with Gasteiger partial charge in [-0.15, -0.1) is 0 Å². The van der Waals surface area contributed by atoms with E-state index in [4.69, 9.17) is 0 Å². The summed E-state index contributed by atoms with van der Waals surface area (Å²) in [7, 11) is -2.85. The van der Waals surface area contributed by atoms with Crippen LogP contribution in [0, 0.1) is 0 Å². The molecule has 0 saturated heterocycles. The van der Waals surface area contributed by atoms with Gasteiger partial charge in [-0.3, -0.25) is 0 Å². The van der Waals surface area contributed by atoms with Crippen LogP contribution in [0.5, 0.6) is 0 Å². The molecule has 0 atom stereocenters. The maximum absolute atomic E-state index is 10.9. The average molecular weight is 274 g/mol. The Morgan fingerprint density at radius 2 is 2.18 bits per heavy atom. The number of thioether (sulfide) groups is 1. The highest BCUT2D eigenvalue weighted by atomic mass is 32.2. The summed E-state index contributed by atoms with van der Waals surface area (Å²) >= 11 is 1.59. The summed E-state index contributed by atoms with van der Waals surface area (Å²) in [6, 6.07) is 5.83. The summed E-state index contributed by atoms with van der Waals surface area (Å²) in [6.45, 7) is 2.87. The van der Waals surface area contributed by atoms with Gasteiger partial charge < -0.3 is 5.32 Å². The van der Waals surface area contributed by atoms with E-state index in [0.717, 1.165) is 23.8 Å². The third-order valence-electron chi connectivity index (χ3n) is 2.01. The Morgan fingerprint density at radius 1 is 1.41 bits per heavy atom. The first kappa shape index (κ1) is 14.3. The predicted octanol–water partition coefficient (Wildman–Crippen LogP) is 1.79. The lowest BCUT2D eigenvalue weighted by molar-refractivity contribution is 0.603. The molecule has 6 heteroatoms. The lowest BCUT2D eigenvalue weighted by atomic mass is 10.4. The van der Waals surface area contributed by atoms with Crippen LogP contribution in [-0.4, -0.2) is 37.7 Å². The first-order valence-corrected chi connectivity index (χ1v) is 8.68. The third-order valence-corrected chi connectivity index (χ3v) is 4.21. The average Bonchev–Trinajstić information content (AvgIpc) is 2.24. The normalized spacial score (nSPS) is 11.4. The molecule has 0 unspecified atom stereocenters. The van der Waals surface area contributed by atoms with Crippen LogP contribution in [0.3, 0.4) is 0 Å². The molecule has 96 valence electrons. The summed E-state index contributed by atoms with van der Waals surface area (Å²) in [6.07, 6.45) is 1.26. The minimum Gasteiger partial charge on any atom is -0.370 e. The molecule has 1 aromatic heterocycles. The number of hydrogen-bond donors (Lipinski definition) is 1. The maximum atomic E-state index is 10.9. The quantitative estimate of drug-likeness (QED) is 0.768. The second kappa shape index (κ2) is 6.86. The Labute approximate surface area is 107 Å². The fourth-order valence-corrected chi connectivity index (χ4v) is 3.42. The second-order valence-corrected chi connectivity index (χ2v) is 7.09. The molecule has 1 rings (SSSR count). The topological polar surface area (TPSA) is 59.1 Å². The van der Waals surface area contributed by atoms with E-state index in [1.54, 1.807) is 11.8 Å². The standard InChI is InChI=1S/C11H18N2O2S2/c1-3-12-11-6-4-5-10(13-11)9-16-7-8-17(2,14)15/h4-6H,3,7-9H2,1-2H3,(H,12,13). The fourth-order valence-electron chi connectivity index (χ4n) is 1.23. The Bertz CT molecular complexity index is 447. The highest BCUT2D eigenvalue weighted by Crippen LogP contribution is 2.12. The molecule has 0 aliphatic rings.